The van der Waals surface area contributed by atoms with E-state index in [0.29, 0.717) is 10.4 Å². The third-order valence-electron chi connectivity index (χ3n) is 4.41. The average molecular weight is 349 g/mol. The van der Waals surface area contributed by atoms with Crippen LogP contribution in [0.25, 0.3) is 27.5 Å². The fraction of sp³-hybridized carbons (Fsp3) is 0.0526. The highest BCUT2D eigenvalue weighted by atomic mass is 32.2. The van der Waals surface area contributed by atoms with E-state index in [9.17, 15) is 14.6 Å². The van der Waals surface area contributed by atoms with Gasteiger partial charge in [-0.1, -0.05) is 42.5 Å². The lowest BCUT2D eigenvalue weighted by atomic mass is 9.80. The van der Waals surface area contributed by atoms with Crippen LogP contribution in [0.3, 0.4) is 0 Å². The molecule has 3 aromatic carbocycles. The molecule has 124 valence electrons. The smallest absolute Gasteiger partial charge is 0.488 e. The van der Waals surface area contributed by atoms with Gasteiger partial charge in [0.2, 0.25) is 0 Å². The van der Waals surface area contributed by atoms with Crippen molar-refractivity contribution in [1.82, 2.24) is 4.57 Å². The summed E-state index contributed by atoms with van der Waals surface area (Å²) in [4.78, 5) is 0.567. The van der Waals surface area contributed by atoms with Crippen LogP contribution in [0.5, 0.6) is 0 Å². The van der Waals surface area contributed by atoms with Gasteiger partial charge in [0.25, 0.3) is 0 Å². The molecule has 0 bridgehead atoms. The molecule has 1 aromatic heterocycles. The van der Waals surface area contributed by atoms with Crippen molar-refractivity contribution in [2.24, 2.45) is 0 Å². The minimum absolute atomic E-state index is 0.328. The lowest BCUT2D eigenvalue weighted by Crippen LogP contribution is -2.30. The van der Waals surface area contributed by atoms with Crippen molar-refractivity contribution in [2.45, 2.75) is 4.90 Å². The zero-order chi connectivity index (χ0) is 17.6. The summed E-state index contributed by atoms with van der Waals surface area (Å²) in [6.45, 7) is 0. The zero-order valence-electron chi connectivity index (χ0n) is 13.6. The van der Waals surface area contributed by atoms with Gasteiger partial charge >= 0.3 is 7.12 Å². The third-order valence-corrected chi connectivity index (χ3v) is 5.36. The second-order valence-electron chi connectivity index (χ2n) is 5.92. The molecule has 0 fully saturated rings. The van der Waals surface area contributed by atoms with Gasteiger partial charge in [0.15, 0.2) is 4.90 Å². The predicted molar refractivity (Wildman–Crippen MR) is 103 cm³/mol. The summed E-state index contributed by atoms with van der Waals surface area (Å²) >= 11 is -1.28. The van der Waals surface area contributed by atoms with Crippen LogP contribution in [-0.2, 0) is 11.2 Å². The summed E-state index contributed by atoms with van der Waals surface area (Å²) in [5, 5.41) is 21.1. The van der Waals surface area contributed by atoms with Gasteiger partial charge in [-0.3, -0.25) is 0 Å². The summed E-state index contributed by atoms with van der Waals surface area (Å²) < 4.78 is 14.4. The van der Waals surface area contributed by atoms with E-state index in [4.69, 9.17) is 0 Å². The molecule has 2 N–H and O–H groups in total. The first-order valence-corrected chi connectivity index (χ1v) is 9.46. The molecule has 0 saturated heterocycles. The van der Waals surface area contributed by atoms with Gasteiger partial charge in [-0.05, 0) is 40.9 Å². The van der Waals surface area contributed by atoms with E-state index in [1.54, 1.807) is 24.5 Å². The Morgan fingerprint density at radius 2 is 1.44 bits per heavy atom. The highest BCUT2D eigenvalue weighted by molar-refractivity contribution is 7.90. The Bertz CT molecular complexity index is 1020. The number of rotatable bonds is 3. The van der Waals surface area contributed by atoms with Gasteiger partial charge < -0.3 is 19.2 Å². The van der Waals surface area contributed by atoms with Crippen molar-refractivity contribution >= 4 is 45.6 Å². The van der Waals surface area contributed by atoms with Crippen LogP contribution in [0.2, 0.25) is 0 Å². The van der Waals surface area contributed by atoms with E-state index in [2.05, 4.69) is 16.7 Å². The molecule has 1 atom stereocenters. The predicted octanol–water partition coefficient (Wildman–Crippen LogP) is 2.20. The van der Waals surface area contributed by atoms with Crippen molar-refractivity contribution in [1.29, 1.82) is 0 Å². The molecule has 1 unspecified atom stereocenters. The van der Waals surface area contributed by atoms with Gasteiger partial charge in [0.1, 0.15) is 11.9 Å². The Labute approximate surface area is 148 Å². The Morgan fingerprint density at radius 3 is 1.96 bits per heavy atom. The summed E-state index contributed by atoms with van der Waals surface area (Å²) in [7, 11) is -1.59. The van der Waals surface area contributed by atoms with Gasteiger partial charge in [-0.15, -0.1) is 0 Å². The van der Waals surface area contributed by atoms with Crippen molar-refractivity contribution in [3.63, 3.8) is 0 Å². The molecule has 4 aromatic rings. The summed E-state index contributed by atoms with van der Waals surface area (Å²) in [5.41, 5.74) is 3.15. The molecule has 0 aliphatic heterocycles. The topological polar surface area (TPSA) is 68.4 Å². The van der Waals surface area contributed by atoms with Crippen molar-refractivity contribution in [3.05, 3.63) is 66.7 Å². The lowest BCUT2D eigenvalue weighted by Gasteiger charge is -2.15. The first-order valence-electron chi connectivity index (χ1n) is 7.90. The number of nitrogens with zero attached hydrogens (tertiary/aromatic N) is 1. The van der Waals surface area contributed by atoms with Crippen LogP contribution >= 0.6 is 0 Å². The SMILES string of the molecule is C[S+]([O-])c1cc(B(O)O)ccc1-n1c2ccccc2c2ccccc21. The maximum Gasteiger partial charge on any atom is 0.488 e. The first-order chi connectivity index (χ1) is 12.1. The maximum absolute atomic E-state index is 12.3. The van der Waals surface area contributed by atoms with Crippen LogP contribution in [0.4, 0.5) is 0 Å². The van der Waals surface area contributed by atoms with E-state index < -0.39 is 18.3 Å². The van der Waals surface area contributed by atoms with E-state index in [1.807, 2.05) is 36.4 Å². The van der Waals surface area contributed by atoms with Crippen molar-refractivity contribution in [2.75, 3.05) is 6.26 Å². The molecule has 0 amide bonds. The Morgan fingerprint density at radius 1 is 0.880 bits per heavy atom. The van der Waals surface area contributed by atoms with Crippen molar-refractivity contribution in [3.8, 4) is 5.69 Å². The minimum Gasteiger partial charge on any atom is -0.612 e. The molecular weight excluding hydrogens is 333 g/mol. The molecule has 4 rings (SSSR count). The van der Waals surface area contributed by atoms with E-state index in [0.717, 1.165) is 27.5 Å². The molecule has 0 radical (unpaired) electrons. The first kappa shape index (κ1) is 16.2. The number of fused-ring (bicyclic) bond motifs is 3. The number of hydrogen-bond acceptors (Lipinski definition) is 3. The van der Waals surface area contributed by atoms with Crippen LogP contribution < -0.4 is 5.46 Å². The van der Waals surface area contributed by atoms with Crippen LogP contribution in [0.1, 0.15) is 0 Å². The summed E-state index contributed by atoms with van der Waals surface area (Å²) in [6, 6.07) is 21.2. The second-order valence-corrected chi connectivity index (χ2v) is 7.27. The molecule has 6 heteroatoms. The number of hydrogen-bond donors (Lipinski definition) is 2. The molecule has 25 heavy (non-hydrogen) atoms. The van der Waals surface area contributed by atoms with E-state index in [1.165, 1.54) is 0 Å². The molecule has 0 saturated carbocycles. The van der Waals surface area contributed by atoms with Crippen LogP contribution in [0.15, 0.2) is 71.6 Å². The fourth-order valence-electron chi connectivity index (χ4n) is 3.29. The van der Waals surface area contributed by atoms with Crippen LogP contribution in [0, 0.1) is 0 Å². The second kappa shape index (κ2) is 6.24. The van der Waals surface area contributed by atoms with Crippen LogP contribution in [-0.4, -0.2) is 32.5 Å². The molecular formula is C19H16BNO3S. The zero-order valence-corrected chi connectivity index (χ0v) is 14.4. The molecule has 4 nitrogen and oxygen atoms in total. The van der Waals surface area contributed by atoms with E-state index in [-0.39, 0.29) is 0 Å². The van der Waals surface area contributed by atoms with Gasteiger partial charge in [0.05, 0.1) is 11.0 Å². The Kier molecular flexibility index (Phi) is 4.05. The maximum atomic E-state index is 12.3. The third kappa shape index (κ3) is 2.64. The monoisotopic (exact) mass is 349 g/mol. The average Bonchev–Trinajstić information content (AvgIpc) is 2.95. The van der Waals surface area contributed by atoms with Gasteiger partial charge in [0, 0.05) is 10.8 Å². The van der Waals surface area contributed by atoms with Gasteiger partial charge in [-0.25, -0.2) is 0 Å². The van der Waals surface area contributed by atoms with Gasteiger partial charge in [-0.2, -0.15) is 0 Å². The summed E-state index contributed by atoms with van der Waals surface area (Å²) in [5.74, 6) is 0. The molecule has 1 heterocycles. The quantitative estimate of drug-likeness (QED) is 0.440. The highest BCUT2D eigenvalue weighted by Crippen LogP contribution is 2.33. The number of aromatic nitrogens is 1. The highest BCUT2D eigenvalue weighted by Gasteiger charge is 2.22. The normalized spacial score (nSPS) is 12.6. The standard InChI is InChI=1S/C19H16BNO3S/c1-25(24)19-12-13(20(22)23)10-11-18(19)21-16-8-4-2-6-14(16)15-7-3-5-9-17(15)21/h2-12,22-23H,1H3. The number of benzene rings is 3. The summed E-state index contributed by atoms with van der Waals surface area (Å²) in [6.07, 6.45) is 1.60. The fourth-order valence-corrected chi connectivity index (χ4v) is 4.04. The van der Waals surface area contributed by atoms with E-state index >= 15 is 0 Å². The lowest BCUT2D eigenvalue weighted by molar-refractivity contribution is 0.425. The Balaban J connectivity index is 2.11. The minimum atomic E-state index is -1.59. The molecule has 0 aliphatic carbocycles. The molecule has 0 spiro atoms. The number of para-hydroxylation sites is 2. The molecule has 0 aliphatic rings. The Hall–Kier alpha value is -2.25. The van der Waals surface area contributed by atoms with Crippen molar-refractivity contribution < 1.29 is 14.6 Å². The largest absolute Gasteiger partial charge is 0.612 e.